The summed E-state index contributed by atoms with van der Waals surface area (Å²) in [7, 11) is 1.67. The molecule has 0 saturated heterocycles. The summed E-state index contributed by atoms with van der Waals surface area (Å²) in [5.41, 5.74) is 1.01. The Bertz CT molecular complexity index is 613. The number of ether oxygens (including phenoxy) is 1. The van der Waals surface area contributed by atoms with E-state index < -0.39 is 0 Å². The van der Waals surface area contributed by atoms with Crippen LogP contribution < -0.4 is 0 Å². The molecule has 110 valence electrons. The standard InChI is InChI=1S/C14H17N5O2/c1-21-9-11-6-18(8-12-5-15-10-19(12)7-11)14(20)13-16-3-2-4-17-13/h2-5,10-11H,6-9H2,1H3/t11-/m0/s1. The predicted molar refractivity (Wildman–Crippen MR) is 74.4 cm³/mol. The Hall–Kier alpha value is -2.28. The number of fused-ring (bicyclic) bond motifs is 1. The fourth-order valence-electron chi connectivity index (χ4n) is 2.60. The molecule has 3 rings (SSSR count). The first-order chi connectivity index (χ1) is 10.3. The average molecular weight is 287 g/mol. The van der Waals surface area contributed by atoms with Crippen molar-refractivity contribution >= 4 is 5.91 Å². The van der Waals surface area contributed by atoms with Crippen LogP contribution in [0.4, 0.5) is 0 Å². The summed E-state index contributed by atoms with van der Waals surface area (Å²) in [6, 6.07) is 1.70. The maximum Gasteiger partial charge on any atom is 0.292 e. The SMILES string of the molecule is COC[C@H]1CN(C(=O)c2ncccn2)Cc2cncn2C1. The first-order valence-corrected chi connectivity index (χ1v) is 6.82. The van der Waals surface area contributed by atoms with Gasteiger partial charge in [-0.25, -0.2) is 15.0 Å². The Labute approximate surface area is 122 Å². The predicted octanol–water partition coefficient (Wildman–Crippen LogP) is 0.592. The van der Waals surface area contributed by atoms with Gasteiger partial charge < -0.3 is 14.2 Å². The molecular weight excluding hydrogens is 270 g/mol. The number of hydrogen-bond donors (Lipinski definition) is 0. The van der Waals surface area contributed by atoms with Gasteiger partial charge in [-0.15, -0.1) is 0 Å². The Kier molecular flexibility index (Phi) is 3.92. The molecule has 0 aliphatic carbocycles. The third-order valence-corrected chi connectivity index (χ3v) is 3.53. The van der Waals surface area contributed by atoms with Crippen molar-refractivity contribution in [3.63, 3.8) is 0 Å². The quantitative estimate of drug-likeness (QED) is 0.826. The van der Waals surface area contributed by atoms with Crippen molar-refractivity contribution < 1.29 is 9.53 Å². The van der Waals surface area contributed by atoms with Crippen LogP contribution in [0.2, 0.25) is 0 Å². The third-order valence-electron chi connectivity index (χ3n) is 3.53. The number of carbonyl (C=O) groups excluding carboxylic acids is 1. The van der Waals surface area contributed by atoms with Crippen LogP contribution in [0.1, 0.15) is 16.3 Å². The van der Waals surface area contributed by atoms with Gasteiger partial charge in [-0.3, -0.25) is 4.79 Å². The first-order valence-electron chi connectivity index (χ1n) is 6.82. The number of aromatic nitrogens is 4. The van der Waals surface area contributed by atoms with Gasteiger partial charge in [0, 0.05) is 44.7 Å². The van der Waals surface area contributed by atoms with Crippen molar-refractivity contribution in [1.82, 2.24) is 24.4 Å². The van der Waals surface area contributed by atoms with Gasteiger partial charge in [0.1, 0.15) is 0 Å². The molecule has 7 nitrogen and oxygen atoms in total. The number of hydrogen-bond acceptors (Lipinski definition) is 5. The maximum absolute atomic E-state index is 12.6. The fraction of sp³-hybridized carbons (Fsp3) is 0.429. The van der Waals surface area contributed by atoms with Gasteiger partial charge in [-0.1, -0.05) is 0 Å². The Morgan fingerprint density at radius 3 is 2.95 bits per heavy atom. The minimum absolute atomic E-state index is 0.161. The molecule has 0 aromatic carbocycles. The number of rotatable bonds is 3. The van der Waals surface area contributed by atoms with E-state index in [1.165, 1.54) is 0 Å². The second kappa shape index (κ2) is 6.01. The number of imidazole rings is 1. The van der Waals surface area contributed by atoms with Crippen molar-refractivity contribution in [3.8, 4) is 0 Å². The summed E-state index contributed by atoms with van der Waals surface area (Å²) in [5.74, 6) is 0.283. The number of nitrogens with zero attached hydrogens (tertiary/aromatic N) is 5. The molecule has 1 aliphatic heterocycles. The molecule has 0 bridgehead atoms. The molecule has 2 aromatic rings. The molecule has 0 fully saturated rings. The molecule has 1 amide bonds. The summed E-state index contributed by atoms with van der Waals surface area (Å²) < 4.78 is 7.33. The van der Waals surface area contributed by atoms with Gasteiger partial charge in [0.15, 0.2) is 0 Å². The van der Waals surface area contributed by atoms with E-state index in [1.54, 1.807) is 43.0 Å². The normalized spacial score (nSPS) is 18.1. The molecule has 0 unspecified atom stereocenters. The second-order valence-electron chi connectivity index (χ2n) is 5.12. The topological polar surface area (TPSA) is 73.1 Å². The van der Waals surface area contributed by atoms with Gasteiger partial charge in [-0.2, -0.15) is 0 Å². The van der Waals surface area contributed by atoms with Gasteiger partial charge in [-0.05, 0) is 6.07 Å². The smallest absolute Gasteiger partial charge is 0.292 e. The average Bonchev–Trinajstić information content (AvgIpc) is 2.86. The molecule has 0 N–H and O–H groups in total. The van der Waals surface area contributed by atoms with Crippen LogP contribution in [0.25, 0.3) is 0 Å². The lowest BCUT2D eigenvalue weighted by Crippen LogP contribution is -2.36. The summed E-state index contributed by atoms with van der Waals surface area (Å²) >= 11 is 0. The number of methoxy groups -OCH3 is 1. The van der Waals surface area contributed by atoms with Crippen LogP contribution in [-0.2, 0) is 17.8 Å². The van der Waals surface area contributed by atoms with Crippen LogP contribution in [-0.4, -0.2) is 50.6 Å². The molecule has 0 radical (unpaired) electrons. The first kappa shape index (κ1) is 13.7. The van der Waals surface area contributed by atoms with Crippen molar-refractivity contribution in [2.24, 2.45) is 5.92 Å². The zero-order chi connectivity index (χ0) is 14.7. The van der Waals surface area contributed by atoms with Crippen molar-refractivity contribution in [2.45, 2.75) is 13.1 Å². The van der Waals surface area contributed by atoms with Gasteiger partial charge in [0.05, 0.1) is 25.2 Å². The van der Waals surface area contributed by atoms with E-state index in [4.69, 9.17) is 4.74 Å². The van der Waals surface area contributed by atoms with Gasteiger partial charge >= 0.3 is 0 Å². The van der Waals surface area contributed by atoms with E-state index in [0.29, 0.717) is 19.7 Å². The molecule has 21 heavy (non-hydrogen) atoms. The van der Waals surface area contributed by atoms with E-state index in [1.807, 2.05) is 0 Å². The molecule has 3 heterocycles. The molecule has 7 heteroatoms. The molecule has 1 atom stereocenters. The highest BCUT2D eigenvalue weighted by Gasteiger charge is 2.27. The van der Waals surface area contributed by atoms with E-state index in [-0.39, 0.29) is 17.6 Å². The van der Waals surface area contributed by atoms with Crippen LogP contribution in [0.5, 0.6) is 0 Å². The van der Waals surface area contributed by atoms with Crippen LogP contribution in [0, 0.1) is 5.92 Å². The molecular formula is C14H17N5O2. The maximum atomic E-state index is 12.6. The number of carbonyl (C=O) groups is 1. The minimum Gasteiger partial charge on any atom is -0.384 e. The molecule has 1 aliphatic rings. The van der Waals surface area contributed by atoms with Crippen molar-refractivity contribution in [1.29, 1.82) is 0 Å². The highest BCUT2D eigenvalue weighted by atomic mass is 16.5. The third kappa shape index (κ3) is 2.92. The lowest BCUT2D eigenvalue weighted by Gasteiger charge is -2.23. The summed E-state index contributed by atoms with van der Waals surface area (Å²) in [6.45, 7) is 2.52. The Balaban J connectivity index is 1.86. The van der Waals surface area contributed by atoms with Gasteiger partial charge in [0.2, 0.25) is 5.82 Å². The monoisotopic (exact) mass is 287 g/mol. The Morgan fingerprint density at radius 2 is 2.19 bits per heavy atom. The molecule has 2 aromatic heterocycles. The van der Waals surface area contributed by atoms with E-state index in [9.17, 15) is 4.79 Å². The van der Waals surface area contributed by atoms with E-state index >= 15 is 0 Å². The highest BCUT2D eigenvalue weighted by Crippen LogP contribution is 2.17. The van der Waals surface area contributed by atoms with E-state index in [0.717, 1.165) is 12.2 Å². The highest BCUT2D eigenvalue weighted by molar-refractivity contribution is 5.90. The zero-order valence-corrected chi connectivity index (χ0v) is 11.8. The van der Waals surface area contributed by atoms with Crippen LogP contribution >= 0.6 is 0 Å². The van der Waals surface area contributed by atoms with Crippen LogP contribution in [0.15, 0.2) is 31.0 Å². The summed E-state index contributed by atoms with van der Waals surface area (Å²) in [5, 5.41) is 0. The fourth-order valence-corrected chi connectivity index (χ4v) is 2.60. The number of amides is 1. The second-order valence-corrected chi connectivity index (χ2v) is 5.12. The summed E-state index contributed by atoms with van der Waals surface area (Å²) in [6.07, 6.45) is 6.75. The largest absolute Gasteiger partial charge is 0.384 e. The van der Waals surface area contributed by atoms with Crippen LogP contribution in [0.3, 0.4) is 0 Å². The van der Waals surface area contributed by atoms with Crippen molar-refractivity contribution in [3.05, 3.63) is 42.5 Å². The minimum atomic E-state index is -0.161. The van der Waals surface area contributed by atoms with E-state index in [2.05, 4.69) is 19.5 Å². The van der Waals surface area contributed by atoms with Crippen molar-refractivity contribution in [2.75, 3.05) is 20.3 Å². The Morgan fingerprint density at radius 1 is 1.38 bits per heavy atom. The zero-order valence-electron chi connectivity index (χ0n) is 11.8. The lowest BCUT2D eigenvalue weighted by molar-refractivity contribution is 0.0655. The summed E-state index contributed by atoms with van der Waals surface area (Å²) in [4.78, 5) is 26.6. The lowest BCUT2D eigenvalue weighted by atomic mass is 10.1. The molecule has 0 saturated carbocycles. The molecule has 0 spiro atoms. The van der Waals surface area contributed by atoms with Gasteiger partial charge in [0.25, 0.3) is 5.91 Å².